The minimum atomic E-state index is -0.422. The van der Waals surface area contributed by atoms with E-state index in [0.717, 1.165) is 41.8 Å². The van der Waals surface area contributed by atoms with Crippen LogP contribution in [0.5, 0.6) is 0 Å². The summed E-state index contributed by atoms with van der Waals surface area (Å²) in [6, 6.07) is 3.23. The minimum absolute atomic E-state index is 0.315. The van der Waals surface area contributed by atoms with Crippen molar-refractivity contribution in [3.8, 4) is 11.1 Å². The molecule has 5 N–H and O–H groups in total. The summed E-state index contributed by atoms with van der Waals surface area (Å²) in [5.74, 6) is 5.26. The molecule has 0 atom stereocenters. The van der Waals surface area contributed by atoms with Gasteiger partial charge >= 0.3 is 6.03 Å². The van der Waals surface area contributed by atoms with Crippen LogP contribution in [0, 0.1) is 0 Å². The highest BCUT2D eigenvalue weighted by Crippen LogP contribution is 2.34. The number of nitrogens with zero attached hydrogens (tertiary/aromatic N) is 3. The Morgan fingerprint density at radius 1 is 1.28 bits per heavy atom. The zero-order valence-corrected chi connectivity index (χ0v) is 16.4. The second kappa shape index (κ2) is 9.16. The molecule has 1 fully saturated rings. The Labute approximate surface area is 169 Å². The van der Waals surface area contributed by atoms with Gasteiger partial charge in [0.05, 0.1) is 11.3 Å². The van der Waals surface area contributed by atoms with Crippen LogP contribution in [0.15, 0.2) is 42.9 Å². The number of piperidine rings is 1. The van der Waals surface area contributed by atoms with Crippen LogP contribution >= 0.6 is 0 Å². The number of pyridine rings is 2. The third-order valence-electron chi connectivity index (χ3n) is 4.62. The van der Waals surface area contributed by atoms with Crippen molar-refractivity contribution in [2.24, 2.45) is 5.84 Å². The van der Waals surface area contributed by atoms with Crippen LogP contribution in [0.3, 0.4) is 0 Å². The summed E-state index contributed by atoms with van der Waals surface area (Å²) in [4.78, 5) is 34.5. The van der Waals surface area contributed by atoms with Crippen molar-refractivity contribution in [1.29, 1.82) is 0 Å². The van der Waals surface area contributed by atoms with Gasteiger partial charge in [-0.05, 0) is 25.8 Å². The molecule has 0 saturated carbocycles. The van der Waals surface area contributed by atoms with E-state index in [1.807, 2.05) is 13.0 Å². The monoisotopic (exact) mass is 395 g/mol. The van der Waals surface area contributed by atoms with Crippen molar-refractivity contribution in [3.05, 3.63) is 48.4 Å². The summed E-state index contributed by atoms with van der Waals surface area (Å²) < 4.78 is 0. The molecule has 1 aliphatic heterocycles. The topological polar surface area (TPSA) is 125 Å². The Balaban J connectivity index is 2.02. The first kappa shape index (κ1) is 20.3. The number of aromatic nitrogens is 2. The van der Waals surface area contributed by atoms with E-state index in [1.165, 1.54) is 6.20 Å². The van der Waals surface area contributed by atoms with Crippen molar-refractivity contribution in [3.63, 3.8) is 0 Å². The standard InChI is InChI=1S/C20H25N7O2/c1-3-23-20(29)25-18-8-17(27-6-4-5-13(2)12-27)16(11-24-18)14-7-15(10-22-9-14)19(28)26-21/h7-11H,2-6,12,21H2,1H3,(H,26,28)(H2,23,24,25,29). The molecule has 9 nitrogen and oxygen atoms in total. The Morgan fingerprint density at radius 2 is 2.10 bits per heavy atom. The fourth-order valence-corrected chi connectivity index (χ4v) is 3.27. The number of amides is 3. The predicted molar refractivity (Wildman–Crippen MR) is 112 cm³/mol. The van der Waals surface area contributed by atoms with Crippen LogP contribution in [0.1, 0.15) is 30.1 Å². The second-order valence-electron chi connectivity index (χ2n) is 6.78. The molecule has 3 heterocycles. The number of rotatable bonds is 5. The zero-order chi connectivity index (χ0) is 20.8. The maximum absolute atomic E-state index is 11.9. The molecule has 3 amide bonds. The normalized spacial score (nSPS) is 13.7. The van der Waals surface area contributed by atoms with Gasteiger partial charge in [-0.25, -0.2) is 15.6 Å². The van der Waals surface area contributed by atoms with E-state index < -0.39 is 5.91 Å². The molecular formula is C20H25N7O2. The van der Waals surface area contributed by atoms with Crippen LogP contribution in [-0.2, 0) is 0 Å². The SMILES string of the molecule is C=C1CCCN(c2cc(NC(=O)NCC)ncc2-c2cncc(C(=O)NN)c2)C1. The van der Waals surface area contributed by atoms with Crippen molar-refractivity contribution < 1.29 is 9.59 Å². The lowest BCUT2D eigenvalue weighted by Crippen LogP contribution is -2.32. The van der Waals surface area contributed by atoms with Crippen LogP contribution in [0.4, 0.5) is 16.3 Å². The van der Waals surface area contributed by atoms with Gasteiger partial charge in [0.2, 0.25) is 0 Å². The molecule has 2 aromatic heterocycles. The molecular weight excluding hydrogens is 370 g/mol. The molecule has 3 rings (SSSR count). The fraction of sp³-hybridized carbons (Fsp3) is 0.300. The Kier molecular flexibility index (Phi) is 6.40. The molecule has 1 saturated heterocycles. The maximum atomic E-state index is 11.9. The molecule has 0 bridgehead atoms. The van der Waals surface area contributed by atoms with Crippen molar-refractivity contribution in [2.45, 2.75) is 19.8 Å². The first-order valence-electron chi connectivity index (χ1n) is 9.44. The van der Waals surface area contributed by atoms with Crippen LogP contribution in [0.25, 0.3) is 11.1 Å². The Bertz CT molecular complexity index is 929. The number of anilines is 2. The Morgan fingerprint density at radius 3 is 2.83 bits per heavy atom. The molecule has 9 heteroatoms. The van der Waals surface area contributed by atoms with E-state index in [9.17, 15) is 9.59 Å². The molecule has 1 aliphatic rings. The number of urea groups is 1. The van der Waals surface area contributed by atoms with Crippen molar-refractivity contribution in [2.75, 3.05) is 29.9 Å². The highest BCUT2D eigenvalue weighted by atomic mass is 16.2. The molecule has 0 spiro atoms. The van der Waals surface area contributed by atoms with Gasteiger partial charge in [0.15, 0.2) is 0 Å². The smallest absolute Gasteiger partial charge is 0.320 e. The van der Waals surface area contributed by atoms with Gasteiger partial charge in [-0.15, -0.1) is 0 Å². The second-order valence-corrected chi connectivity index (χ2v) is 6.78. The van der Waals surface area contributed by atoms with E-state index in [0.29, 0.717) is 24.5 Å². The summed E-state index contributed by atoms with van der Waals surface area (Å²) in [6.45, 7) is 8.05. The van der Waals surface area contributed by atoms with Crippen molar-refractivity contribution >= 4 is 23.4 Å². The molecule has 0 unspecified atom stereocenters. The largest absolute Gasteiger partial charge is 0.367 e. The van der Waals surface area contributed by atoms with Gasteiger partial charge in [0.25, 0.3) is 5.91 Å². The molecule has 29 heavy (non-hydrogen) atoms. The van der Waals surface area contributed by atoms with E-state index in [2.05, 4.69) is 37.5 Å². The number of carbonyl (C=O) groups excluding carboxylic acids is 2. The number of nitrogens with one attached hydrogen (secondary N) is 3. The highest BCUT2D eigenvalue weighted by molar-refractivity contribution is 5.95. The van der Waals surface area contributed by atoms with Gasteiger partial charge in [-0.3, -0.25) is 20.5 Å². The number of nitrogens with two attached hydrogens (primary N) is 1. The molecule has 0 aromatic carbocycles. The number of nitrogen functional groups attached to an aromatic ring is 1. The first-order chi connectivity index (χ1) is 14.0. The third kappa shape index (κ3) is 4.88. The molecule has 0 radical (unpaired) electrons. The van der Waals surface area contributed by atoms with E-state index in [-0.39, 0.29) is 6.03 Å². The van der Waals surface area contributed by atoms with Crippen LogP contribution in [0.2, 0.25) is 0 Å². The number of hydrazine groups is 1. The summed E-state index contributed by atoms with van der Waals surface area (Å²) in [6.07, 6.45) is 6.79. The Hall–Kier alpha value is -3.46. The third-order valence-corrected chi connectivity index (χ3v) is 4.62. The lowest BCUT2D eigenvalue weighted by Gasteiger charge is -2.32. The van der Waals surface area contributed by atoms with E-state index in [1.54, 1.807) is 18.5 Å². The summed E-state index contributed by atoms with van der Waals surface area (Å²) in [5.41, 5.74) is 6.04. The van der Waals surface area contributed by atoms with Gasteiger partial charge < -0.3 is 10.2 Å². The number of hydrogen-bond acceptors (Lipinski definition) is 6. The highest BCUT2D eigenvalue weighted by Gasteiger charge is 2.20. The van der Waals surface area contributed by atoms with Crippen LogP contribution in [-0.4, -0.2) is 41.5 Å². The zero-order valence-electron chi connectivity index (χ0n) is 16.4. The van der Waals surface area contributed by atoms with Crippen molar-refractivity contribution in [1.82, 2.24) is 20.7 Å². The number of hydrogen-bond donors (Lipinski definition) is 4. The van der Waals surface area contributed by atoms with Crippen LogP contribution < -0.4 is 26.8 Å². The average molecular weight is 395 g/mol. The molecule has 2 aromatic rings. The number of carbonyl (C=O) groups is 2. The summed E-state index contributed by atoms with van der Waals surface area (Å²) in [7, 11) is 0. The maximum Gasteiger partial charge on any atom is 0.320 e. The minimum Gasteiger partial charge on any atom is -0.367 e. The fourth-order valence-electron chi connectivity index (χ4n) is 3.27. The van der Waals surface area contributed by atoms with Gasteiger partial charge in [0.1, 0.15) is 5.82 Å². The predicted octanol–water partition coefficient (Wildman–Crippen LogP) is 2.04. The van der Waals surface area contributed by atoms with Gasteiger partial charge in [0, 0.05) is 55.4 Å². The van der Waals surface area contributed by atoms with Gasteiger partial charge in [-0.2, -0.15) is 0 Å². The molecule has 0 aliphatic carbocycles. The van der Waals surface area contributed by atoms with Gasteiger partial charge in [-0.1, -0.05) is 12.2 Å². The lowest BCUT2D eigenvalue weighted by atomic mass is 10.0. The van der Waals surface area contributed by atoms with E-state index in [4.69, 9.17) is 5.84 Å². The first-order valence-corrected chi connectivity index (χ1v) is 9.44. The summed E-state index contributed by atoms with van der Waals surface area (Å²) >= 11 is 0. The quantitative estimate of drug-likeness (QED) is 0.266. The van der Waals surface area contributed by atoms with E-state index >= 15 is 0 Å². The molecule has 152 valence electrons. The lowest BCUT2D eigenvalue weighted by molar-refractivity contribution is 0.0953. The summed E-state index contributed by atoms with van der Waals surface area (Å²) in [5, 5.41) is 5.43. The average Bonchev–Trinajstić information content (AvgIpc) is 2.73.